The molecule has 0 aliphatic carbocycles. The van der Waals surface area contributed by atoms with Crippen LogP contribution in [0, 0.1) is 3.57 Å². The second-order valence-corrected chi connectivity index (χ2v) is 6.01. The maximum absolute atomic E-state index is 11.7. The van der Waals surface area contributed by atoms with E-state index in [1.165, 1.54) is 4.88 Å². The number of thiophene rings is 1. The Bertz CT molecular complexity index is 539. The van der Waals surface area contributed by atoms with Crippen LogP contribution in [0.15, 0.2) is 34.8 Å². The quantitative estimate of drug-likeness (QED) is 0.618. The predicted octanol–water partition coefficient (Wildman–Crippen LogP) is 1.74. The molecule has 0 atom stereocenters. The highest BCUT2D eigenvalue weighted by Gasteiger charge is 2.00. The van der Waals surface area contributed by atoms with Gasteiger partial charge in [-0.05, 0) is 40.5 Å². The highest BCUT2D eigenvalue weighted by molar-refractivity contribution is 14.1. The Kier molecular flexibility index (Phi) is 5.33. The molecule has 0 unspecified atom stereocenters. The predicted molar refractivity (Wildman–Crippen MR) is 82.1 cm³/mol. The Morgan fingerprint density at radius 3 is 3.11 bits per heavy atom. The van der Waals surface area contributed by atoms with Crippen LogP contribution in [0.2, 0.25) is 0 Å². The molecule has 0 amide bonds. The molecule has 6 heteroatoms. The largest absolute Gasteiger partial charge is 0.315 e. The Balaban J connectivity index is 1.72. The number of hydrogen-bond donors (Lipinski definition) is 1. The van der Waals surface area contributed by atoms with Crippen LogP contribution in [-0.4, -0.2) is 22.6 Å². The van der Waals surface area contributed by atoms with Gasteiger partial charge in [-0.15, -0.1) is 11.3 Å². The van der Waals surface area contributed by atoms with E-state index in [0.29, 0.717) is 10.1 Å². The number of nitrogens with zero attached hydrogens (tertiary/aromatic N) is 2. The zero-order valence-corrected chi connectivity index (χ0v) is 12.8. The van der Waals surface area contributed by atoms with Crippen LogP contribution in [0.3, 0.4) is 0 Å². The normalized spacial score (nSPS) is 10.7. The fraction of sp³-hybridized carbons (Fsp3) is 0.333. The summed E-state index contributed by atoms with van der Waals surface area (Å²) in [6.45, 7) is 2.38. The van der Waals surface area contributed by atoms with Crippen molar-refractivity contribution in [3.8, 4) is 0 Å². The van der Waals surface area contributed by atoms with Gasteiger partial charge >= 0.3 is 0 Å². The molecule has 0 saturated carbocycles. The Morgan fingerprint density at radius 1 is 1.44 bits per heavy atom. The van der Waals surface area contributed by atoms with Crippen molar-refractivity contribution in [2.75, 3.05) is 13.1 Å². The lowest BCUT2D eigenvalue weighted by Crippen LogP contribution is -2.29. The van der Waals surface area contributed by atoms with Crippen LogP contribution in [-0.2, 0) is 13.0 Å². The van der Waals surface area contributed by atoms with E-state index in [1.54, 1.807) is 28.4 Å². The molecule has 96 valence electrons. The SMILES string of the molecule is O=c1c(I)cncn1CCNCCc1cccs1. The second kappa shape index (κ2) is 7.01. The number of halogens is 1. The monoisotopic (exact) mass is 375 g/mol. The molecule has 2 aromatic rings. The third-order valence-corrected chi connectivity index (χ3v) is 4.19. The lowest BCUT2D eigenvalue weighted by atomic mass is 10.3. The molecule has 2 heterocycles. The summed E-state index contributed by atoms with van der Waals surface area (Å²) in [7, 11) is 0. The summed E-state index contributed by atoms with van der Waals surface area (Å²) in [5.41, 5.74) is 0.0330. The van der Waals surface area contributed by atoms with Gasteiger partial charge in [-0.3, -0.25) is 9.36 Å². The zero-order chi connectivity index (χ0) is 12.8. The van der Waals surface area contributed by atoms with E-state index in [4.69, 9.17) is 0 Å². The average molecular weight is 375 g/mol. The van der Waals surface area contributed by atoms with E-state index >= 15 is 0 Å². The lowest BCUT2D eigenvalue weighted by Gasteiger charge is -2.06. The molecule has 0 spiro atoms. The molecule has 0 fully saturated rings. The van der Waals surface area contributed by atoms with Crippen LogP contribution >= 0.6 is 33.9 Å². The molecule has 0 aliphatic heterocycles. The van der Waals surface area contributed by atoms with Gasteiger partial charge in [0, 0.05) is 30.7 Å². The Labute approximate surface area is 123 Å². The summed E-state index contributed by atoms with van der Waals surface area (Å²) in [5.74, 6) is 0. The van der Waals surface area contributed by atoms with E-state index in [0.717, 1.165) is 19.5 Å². The van der Waals surface area contributed by atoms with Crippen LogP contribution < -0.4 is 10.9 Å². The van der Waals surface area contributed by atoms with Crippen LogP contribution in [0.25, 0.3) is 0 Å². The van der Waals surface area contributed by atoms with Crippen molar-refractivity contribution < 1.29 is 0 Å². The summed E-state index contributed by atoms with van der Waals surface area (Å²) >= 11 is 3.79. The van der Waals surface area contributed by atoms with Gasteiger partial charge in [0.05, 0.1) is 9.90 Å². The molecular weight excluding hydrogens is 361 g/mol. The summed E-state index contributed by atoms with van der Waals surface area (Å²) in [6.07, 6.45) is 4.21. The highest BCUT2D eigenvalue weighted by Crippen LogP contribution is 2.07. The van der Waals surface area contributed by atoms with Gasteiger partial charge in [0.2, 0.25) is 0 Å². The maximum Gasteiger partial charge on any atom is 0.266 e. The number of aromatic nitrogens is 2. The van der Waals surface area contributed by atoms with Gasteiger partial charge in [-0.25, -0.2) is 4.98 Å². The first-order valence-electron chi connectivity index (χ1n) is 5.70. The van der Waals surface area contributed by atoms with E-state index < -0.39 is 0 Å². The lowest BCUT2D eigenvalue weighted by molar-refractivity contribution is 0.578. The van der Waals surface area contributed by atoms with Crippen molar-refractivity contribution in [2.45, 2.75) is 13.0 Å². The molecule has 0 aliphatic rings. The minimum Gasteiger partial charge on any atom is -0.315 e. The Morgan fingerprint density at radius 2 is 2.33 bits per heavy atom. The zero-order valence-electron chi connectivity index (χ0n) is 9.80. The summed E-state index contributed by atoms with van der Waals surface area (Å²) in [4.78, 5) is 17.1. The van der Waals surface area contributed by atoms with Gasteiger partial charge < -0.3 is 5.32 Å². The van der Waals surface area contributed by atoms with Gasteiger partial charge in [0.25, 0.3) is 5.56 Å². The minimum atomic E-state index is 0.0330. The van der Waals surface area contributed by atoms with Crippen molar-refractivity contribution in [1.29, 1.82) is 0 Å². The molecule has 18 heavy (non-hydrogen) atoms. The van der Waals surface area contributed by atoms with E-state index in [2.05, 4.69) is 27.8 Å². The smallest absolute Gasteiger partial charge is 0.266 e. The summed E-state index contributed by atoms with van der Waals surface area (Å²) < 4.78 is 2.30. The van der Waals surface area contributed by atoms with Gasteiger partial charge in [-0.1, -0.05) is 6.07 Å². The van der Waals surface area contributed by atoms with Crippen molar-refractivity contribution in [3.63, 3.8) is 0 Å². The molecule has 1 N–H and O–H groups in total. The maximum atomic E-state index is 11.7. The standard InChI is InChI=1S/C12H14IN3OS/c13-11-8-15-9-16(12(11)17)6-5-14-4-3-10-2-1-7-18-10/h1-2,7-9,14H,3-6H2. The highest BCUT2D eigenvalue weighted by atomic mass is 127. The first-order valence-corrected chi connectivity index (χ1v) is 7.66. The molecule has 2 aromatic heterocycles. The van der Waals surface area contributed by atoms with Crippen LogP contribution in [0.1, 0.15) is 4.88 Å². The van der Waals surface area contributed by atoms with Gasteiger partial charge in [0.15, 0.2) is 0 Å². The minimum absolute atomic E-state index is 0.0330. The molecule has 0 bridgehead atoms. The molecule has 0 aromatic carbocycles. The van der Waals surface area contributed by atoms with Crippen LogP contribution in [0.4, 0.5) is 0 Å². The van der Waals surface area contributed by atoms with E-state index in [-0.39, 0.29) is 5.56 Å². The summed E-state index contributed by atoms with van der Waals surface area (Å²) in [5, 5.41) is 5.43. The molecular formula is C12H14IN3OS. The number of rotatable bonds is 6. The van der Waals surface area contributed by atoms with Crippen molar-refractivity contribution >= 4 is 33.9 Å². The second-order valence-electron chi connectivity index (χ2n) is 3.82. The topological polar surface area (TPSA) is 46.9 Å². The molecule has 4 nitrogen and oxygen atoms in total. The van der Waals surface area contributed by atoms with Crippen molar-refractivity contribution in [3.05, 3.63) is 48.8 Å². The average Bonchev–Trinajstić information content (AvgIpc) is 2.87. The molecule has 0 radical (unpaired) electrons. The van der Waals surface area contributed by atoms with E-state index in [1.807, 2.05) is 22.6 Å². The third kappa shape index (κ3) is 3.89. The van der Waals surface area contributed by atoms with Gasteiger partial charge in [0.1, 0.15) is 0 Å². The van der Waals surface area contributed by atoms with Crippen molar-refractivity contribution in [1.82, 2.24) is 14.9 Å². The first-order chi connectivity index (χ1) is 8.77. The number of nitrogens with one attached hydrogen (secondary N) is 1. The fourth-order valence-electron chi connectivity index (χ4n) is 1.57. The fourth-order valence-corrected chi connectivity index (χ4v) is 2.75. The van der Waals surface area contributed by atoms with Gasteiger partial charge in [-0.2, -0.15) is 0 Å². The van der Waals surface area contributed by atoms with E-state index in [9.17, 15) is 4.79 Å². The first kappa shape index (κ1) is 13.7. The summed E-state index contributed by atoms with van der Waals surface area (Å²) in [6, 6.07) is 4.21. The number of hydrogen-bond acceptors (Lipinski definition) is 4. The molecule has 0 saturated heterocycles. The third-order valence-electron chi connectivity index (χ3n) is 2.52. The van der Waals surface area contributed by atoms with Crippen molar-refractivity contribution in [2.24, 2.45) is 0 Å². The molecule has 2 rings (SSSR count). The van der Waals surface area contributed by atoms with Crippen LogP contribution in [0.5, 0.6) is 0 Å². The Hall–Kier alpha value is -0.730.